The fourth-order valence-electron chi connectivity index (χ4n) is 6.76. The molecule has 1 unspecified atom stereocenters. The standard InChI is InChI=1S/C21H32O2S/c1-20-9-7-15(24-12-11-22)13-14(20)3-4-16-17-5-6-19(23)21(17,2)10-8-18(16)20/h3,15-18,22H,4-13H2,1-2H3/t15?,16-,17-,18+,20-,21-/m0/s1. The average molecular weight is 349 g/mol. The van der Waals surface area contributed by atoms with Gasteiger partial charge in [0.25, 0.3) is 0 Å². The maximum absolute atomic E-state index is 12.5. The maximum Gasteiger partial charge on any atom is 0.139 e. The molecular weight excluding hydrogens is 316 g/mol. The molecule has 0 bridgehead atoms. The second-order valence-corrected chi connectivity index (χ2v) is 10.5. The summed E-state index contributed by atoms with van der Waals surface area (Å²) in [5.74, 6) is 3.61. The zero-order chi connectivity index (χ0) is 16.9. The zero-order valence-electron chi connectivity index (χ0n) is 15.2. The van der Waals surface area contributed by atoms with Crippen molar-refractivity contribution in [1.82, 2.24) is 0 Å². The monoisotopic (exact) mass is 348 g/mol. The van der Waals surface area contributed by atoms with E-state index in [0.29, 0.717) is 29.0 Å². The lowest BCUT2D eigenvalue weighted by molar-refractivity contribution is -0.131. The minimum Gasteiger partial charge on any atom is -0.396 e. The number of aliphatic hydroxyl groups excluding tert-OH is 1. The fraction of sp³-hybridized carbons (Fsp3) is 0.857. The van der Waals surface area contributed by atoms with Crippen LogP contribution in [-0.2, 0) is 4.79 Å². The smallest absolute Gasteiger partial charge is 0.139 e. The molecule has 3 heteroatoms. The van der Waals surface area contributed by atoms with Crippen LogP contribution in [0.15, 0.2) is 11.6 Å². The van der Waals surface area contributed by atoms with Crippen LogP contribution in [0, 0.1) is 28.6 Å². The van der Waals surface area contributed by atoms with Crippen LogP contribution in [-0.4, -0.2) is 28.5 Å². The molecule has 0 heterocycles. The molecule has 3 saturated carbocycles. The summed E-state index contributed by atoms with van der Waals surface area (Å²) in [5, 5.41) is 9.81. The Bertz CT molecular complexity index is 556. The molecule has 6 atom stereocenters. The second-order valence-electron chi connectivity index (χ2n) is 9.14. The van der Waals surface area contributed by atoms with E-state index >= 15 is 0 Å². The number of thioether (sulfide) groups is 1. The Morgan fingerprint density at radius 2 is 1.92 bits per heavy atom. The van der Waals surface area contributed by atoms with Crippen molar-refractivity contribution in [2.24, 2.45) is 28.6 Å². The van der Waals surface area contributed by atoms with E-state index in [4.69, 9.17) is 5.11 Å². The van der Waals surface area contributed by atoms with Gasteiger partial charge in [0.2, 0.25) is 0 Å². The summed E-state index contributed by atoms with van der Waals surface area (Å²) in [7, 11) is 0. The number of Topliss-reactive ketones (excluding diaryl/α,β-unsaturated/α-hetero) is 1. The summed E-state index contributed by atoms with van der Waals surface area (Å²) in [5.41, 5.74) is 2.09. The van der Waals surface area contributed by atoms with Gasteiger partial charge in [-0.1, -0.05) is 25.5 Å². The van der Waals surface area contributed by atoms with E-state index in [9.17, 15) is 4.79 Å². The SMILES string of the molecule is C[C@]12CCC(SCCO)CC1=CC[C@@H]1[C@H]2CC[C@]2(C)C(=O)CC[C@@H]12. The first-order chi connectivity index (χ1) is 11.5. The van der Waals surface area contributed by atoms with Crippen molar-refractivity contribution >= 4 is 17.5 Å². The van der Waals surface area contributed by atoms with Crippen molar-refractivity contribution in [3.63, 3.8) is 0 Å². The first-order valence-electron chi connectivity index (χ1n) is 9.94. The van der Waals surface area contributed by atoms with Gasteiger partial charge >= 0.3 is 0 Å². The normalized spacial score (nSPS) is 47.6. The fourth-order valence-corrected chi connectivity index (χ4v) is 7.78. The van der Waals surface area contributed by atoms with Crippen LogP contribution in [0.5, 0.6) is 0 Å². The van der Waals surface area contributed by atoms with Crippen LogP contribution in [0.1, 0.15) is 65.2 Å². The number of carbonyl (C=O) groups is 1. The molecule has 0 saturated heterocycles. The van der Waals surface area contributed by atoms with Gasteiger partial charge in [-0.15, -0.1) is 0 Å². The summed E-state index contributed by atoms with van der Waals surface area (Å²) in [6, 6.07) is 0. The molecule has 4 aliphatic carbocycles. The van der Waals surface area contributed by atoms with E-state index in [-0.39, 0.29) is 5.41 Å². The van der Waals surface area contributed by atoms with Crippen LogP contribution < -0.4 is 0 Å². The highest BCUT2D eigenvalue weighted by atomic mass is 32.2. The third-order valence-electron chi connectivity index (χ3n) is 8.21. The molecule has 3 fully saturated rings. The van der Waals surface area contributed by atoms with Crippen LogP contribution in [0.4, 0.5) is 0 Å². The van der Waals surface area contributed by atoms with E-state index < -0.39 is 0 Å². The predicted octanol–water partition coefficient (Wildman–Crippen LogP) is 4.61. The van der Waals surface area contributed by atoms with Crippen LogP contribution in [0.2, 0.25) is 0 Å². The van der Waals surface area contributed by atoms with Gasteiger partial charge < -0.3 is 5.11 Å². The van der Waals surface area contributed by atoms with Crippen molar-refractivity contribution in [3.05, 3.63) is 11.6 Å². The number of rotatable bonds is 3. The van der Waals surface area contributed by atoms with Gasteiger partial charge in [-0.25, -0.2) is 0 Å². The van der Waals surface area contributed by atoms with Gasteiger partial charge in [-0.2, -0.15) is 11.8 Å². The number of allylic oxidation sites excluding steroid dienone is 2. The van der Waals surface area contributed by atoms with Gasteiger partial charge in [-0.05, 0) is 68.1 Å². The maximum atomic E-state index is 12.5. The molecule has 0 aromatic rings. The third kappa shape index (κ3) is 2.45. The molecule has 4 rings (SSSR count). The lowest BCUT2D eigenvalue weighted by atomic mass is 9.48. The summed E-state index contributed by atoms with van der Waals surface area (Å²) >= 11 is 1.96. The van der Waals surface area contributed by atoms with Gasteiger partial charge in [0, 0.05) is 22.8 Å². The van der Waals surface area contributed by atoms with Crippen molar-refractivity contribution < 1.29 is 9.90 Å². The molecule has 0 amide bonds. The molecule has 134 valence electrons. The summed E-state index contributed by atoms with van der Waals surface area (Å²) < 4.78 is 0. The molecule has 1 N–H and O–H groups in total. The Balaban J connectivity index is 1.56. The first kappa shape index (κ1) is 17.1. The van der Waals surface area contributed by atoms with E-state index in [0.717, 1.165) is 36.9 Å². The number of aliphatic hydroxyl groups is 1. The average Bonchev–Trinajstić information content (AvgIpc) is 2.88. The second kappa shape index (κ2) is 6.16. The topological polar surface area (TPSA) is 37.3 Å². The highest BCUT2D eigenvalue weighted by Crippen LogP contribution is 2.64. The van der Waals surface area contributed by atoms with E-state index in [1.54, 1.807) is 5.57 Å². The Morgan fingerprint density at radius 1 is 1.17 bits per heavy atom. The largest absolute Gasteiger partial charge is 0.396 e. The Kier molecular flexibility index (Phi) is 4.40. The summed E-state index contributed by atoms with van der Waals surface area (Å²) in [6.07, 6.45) is 12.0. The number of carbonyl (C=O) groups excluding carboxylic acids is 1. The quantitative estimate of drug-likeness (QED) is 0.757. The predicted molar refractivity (Wildman–Crippen MR) is 100 cm³/mol. The van der Waals surface area contributed by atoms with Gasteiger partial charge in [0.15, 0.2) is 0 Å². The molecule has 0 aromatic carbocycles. The molecule has 24 heavy (non-hydrogen) atoms. The number of fused-ring (bicyclic) bond motifs is 5. The van der Waals surface area contributed by atoms with Gasteiger partial charge in [0.05, 0.1) is 6.61 Å². The number of ketones is 1. The molecule has 0 aliphatic heterocycles. The van der Waals surface area contributed by atoms with Crippen LogP contribution in [0.25, 0.3) is 0 Å². The van der Waals surface area contributed by atoms with Crippen LogP contribution >= 0.6 is 11.8 Å². The first-order valence-corrected chi connectivity index (χ1v) is 11.0. The Morgan fingerprint density at radius 3 is 2.71 bits per heavy atom. The number of hydrogen-bond donors (Lipinski definition) is 1. The van der Waals surface area contributed by atoms with Crippen molar-refractivity contribution in [3.8, 4) is 0 Å². The van der Waals surface area contributed by atoms with Crippen LogP contribution in [0.3, 0.4) is 0 Å². The van der Waals surface area contributed by atoms with E-state index in [2.05, 4.69) is 19.9 Å². The lowest BCUT2D eigenvalue weighted by Crippen LogP contribution is -2.50. The minimum absolute atomic E-state index is 0.00293. The zero-order valence-corrected chi connectivity index (χ0v) is 16.0. The lowest BCUT2D eigenvalue weighted by Gasteiger charge is -2.57. The Labute approximate surface area is 150 Å². The summed E-state index contributed by atoms with van der Waals surface area (Å²) in [6.45, 7) is 5.10. The van der Waals surface area contributed by atoms with Crippen molar-refractivity contribution in [2.45, 2.75) is 70.5 Å². The molecule has 0 radical (unpaired) electrons. The summed E-state index contributed by atoms with van der Waals surface area (Å²) in [4.78, 5) is 12.5. The molecular formula is C21H32O2S. The number of hydrogen-bond acceptors (Lipinski definition) is 3. The molecule has 4 aliphatic rings. The Hall–Kier alpha value is -0.280. The molecule has 0 aromatic heterocycles. The third-order valence-corrected chi connectivity index (χ3v) is 9.50. The van der Waals surface area contributed by atoms with Gasteiger partial charge in [-0.3, -0.25) is 4.79 Å². The van der Waals surface area contributed by atoms with Crippen molar-refractivity contribution in [2.75, 3.05) is 12.4 Å². The highest BCUT2D eigenvalue weighted by Gasteiger charge is 2.58. The van der Waals surface area contributed by atoms with E-state index in [1.165, 1.54) is 32.1 Å². The molecule has 2 nitrogen and oxygen atoms in total. The van der Waals surface area contributed by atoms with E-state index in [1.807, 2.05) is 11.8 Å². The highest BCUT2D eigenvalue weighted by molar-refractivity contribution is 7.99. The van der Waals surface area contributed by atoms with Crippen molar-refractivity contribution in [1.29, 1.82) is 0 Å². The van der Waals surface area contributed by atoms with Gasteiger partial charge in [0.1, 0.15) is 5.78 Å². The minimum atomic E-state index is -0.00293. The molecule has 0 spiro atoms.